The van der Waals surface area contributed by atoms with Crippen LogP contribution in [-0.4, -0.2) is 21.4 Å². The van der Waals surface area contributed by atoms with Crippen molar-refractivity contribution < 1.29 is 9.18 Å². The normalized spacial score (nSPS) is 10.6. The van der Waals surface area contributed by atoms with Crippen LogP contribution in [0.4, 0.5) is 10.1 Å². The third-order valence-corrected chi connectivity index (χ3v) is 5.65. The van der Waals surface area contributed by atoms with E-state index in [0.29, 0.717) is 19.0 Å². The van der Waals surface area contributed by atoms with Gasteiger partial charge >= 0.3 is 0 Å². The zero-order chi connectivity index (χ0) is 17.8. The van der Waals surface area contributed by atoms with Crippen molar-refractivity contribution in [1.29, 1.82) is 0 Å². The van der Waals surface area contributed by atoms with E-state index in [1.807, 2.05) is 12.1 Å². The van der Waals surface area contributed by atoms with Crippen molar-refractivity contribution in [2.45, 2.75) is 4.34 Å². The standard InChI is InChI=1S/C16H11ClFN3OS3/c17-10-4-6-13(7-5-10)21-16(23)25-15(20-21)24-9-14(22)19-12-3-1-2-11(18)8-12/h1-8H,9H2,(H,19,22). The second-order valence-electron chi connectivity index (χ2n) is 4.87. The van der Waals surface area contributed by atoms with Crippen LogP contribution in [0.25, 0.3) is 5.69 Å². The highest BCUT2D eigenvalue weighted by molar-refractivity contribution is 8.01. The summed E-state index contributed by atoms with van der Waals surface area (Å²) in [5.74, 6) is -0.487. The van der Waals surface area contributed by atoms with Crippen molar-refractivity contribution in [1.82, 2.24) is 9.78 Å². The summed E-state index contributed by atoms with van der Waals surface area (Å²) in [5, 5.41) is 7.69. The van der Waals surface area contributed by atoms with Crippen LogP contribution in [-0.2, 0) is 4.79 Å². The lowest BCUT2D eigenvalue weighted by molar-refractivity contribution is -0.113. The zero-order valence-corrected chi connectivity index (χ0v) is 15.8. The van der Waals surface area contributed by atoms with Gasteiger partial charge in [0.1, 0.15) is 5.82 Å². The number of nitrogens with zero attached hydrogens (tertiary/aromatic N) is 2. The predicted octanol–water partition coefficient (Wildman–Crippen LogP) is 5.19. The van der Waals surface area contributed by atoms with E-state index in [1.54, 1.807) is 22.9 Å². The number of thioether (sulfide) groups is 1. The molecule has 3 aromatic rings. The number of anilines is 1. The van der Waals surface area contributed by atoms with Crippen molar-refractivity contribution in [3.8, 4) is 5.69 Å². The summed E-state index contributed by atoms with van der Waals surface area (Å²) in [4.78, 5) is 12.0. The van der Waals surface area contributed by atoms with Crippen LogP contribution in [0.15, 0.2) is 52.9 Å². The molecule has 0 spiro atoms. The number of halogens is 2. The summed E-state index contributed by atoms with van der Waals surface area (Å²) in [6.07, 6.45) is 0. The number of aromatic nitrogens is 2. The van der Waals surface area contributed by atoms with E-state index in [0.717, 1.165) is 5.69 Å². The Labute approximate surface area is 161 Å². The highest BCUT2D eigenvalue weighted by Gasteiger charge is 2.10. The smallest absolute Gasteiger partial charge is 0.234 e. The van der Waals surface area contributed by atoms with Gasteiger partial charge in [-0.3, -0.25) is 4.79 Å². The Kier molecular flexibility index (Phi) is 5.85. The van der Waals surface area contributed by atoms with Gasteiger partial charge in [-0.15, -0.1) is 5.10 Å². The molecule has 2 aromatic carbocycles. The number of carbonyl (C=O) groups excluding carboxylic acids is 1. The molecule has 25 heavy (non-hydrogen) atoms. The molecule has 1 heterocycles. The molecule has 0 fully saturated rings. The van der Waals surface area contributed by atoms with Crippen LogP contribution in [0.3, 0.4) is 0 Å². The number of rotatable bonds is 5. The van der Waals surface area contributed by atoms with E-state index in [-0.39, 0.29) is 11.7 Å². The third-order valence-electron chi connectivity index (χ3n) is 3.04. The summed E-state index contributed by atoms with van der Waals surface area (Å²) in [6, 6.07) is 12.9. The van der Waals surface area contributed by atoms with Crippen LogP contribution in [0.2, 0.25) is 5.02 Å². The quantitative estimate of drug-likeness (QED) is 0.463. The Morgan fingerprint density at radius 2 is 2.08 bits per heavy atom. The Balaban J connectivity index is 1.64. The third kappa shape index (κ3) is 4.88. The molecule has 0 radical (unpaired) electrons. The second-order valence-corrected chi connectivity index (χ2v) is 8.15. The molecule has 0 unspecified atom stereocenters. The molecule has 4 nitrogen and oxygen atoms in total. The van der Waals surface area contributed by atoms with Gasteiger partial charge < -0.3 is 5.32 Å². The maximum absolute atomic E-state index is 13.1. The molecule has 1 amide bonds. The van der Waals surface area contributed by atoms with Gasteiger partial charge in [-0.05, 0) is 54.7 Å². The van der Waals surface area contributed by atoms with Crippen LogP contribution in [0.5, 0.6) is 0 Å². The van der Waals surface area contributed by atoms with Crippen molar-refractivity contribution in [2.75, 3.05) is 11.1 Å². The first-order valence-electron chi connectivity index (χ1n) is 7.05. The van der Waals surface area contributed by atoms with Gasteiger partial charge in [0.15, 0.2) is 8.29 Å². The molecule has 9 heteroatoms. The van der Waals surface area contributed by atoms with Gasteiger partial charge in [-0.1, -0.05) is 40.8 Å². The lowest BCUT2D eigenvalue weighted by Crippen LogP contribution is -2.14. The van der Waals surface area contributed by atoms with E-state index < -0.39 is 5.82 Å². The van der Waals surface area contributed by atoms with Gasteiger partial charge in [-0.2, -0.15) is 0 Å². The molecular weight excluding hydrogens is 401 g/mol. The highest BCUT2D eigenvalue weighted by atomic mass is 35.5. The molecule has 0 saturated heterocycles. The number of amides is 1. The summed E-state index contributed by atoms with van der Waals surface area (Å²) < 4.78 is 16.0. The van der Waals surface area contributed by atoms with Gasteiger partial charge in [0.2, 0.25) is 5.91 Å². The fourth-order valence-electron chi connectivity index (χ4n) is 1.96. The average molecular weight is 412 g/mol. The SMILES string of the molecule is O=C(CSc1nn(-c2ccc(Cl)cc2)c(=S)s1)Nc1cccc(F)c1. The van der Waals surface area contributed by atoms with Crippen LogP contribution in [0, 0.1) is 9.77 Å². The minimum absolute atomic E-state index is 0.152. The summed E-state index contributed by atoms with van der Waals surface area (Å²) in [5.41, 5.74) is 1.23. The summed E-state index contributed by atoms with van der Waals surface area (Å²) in [7, 11) is 0. The van der Waals surface area contributed by atoms with E-state index >= 15 is 0 Å². The zero-order valence-electron chi connectivity index (χ0n) is 12.6. The molecular formula is C16H11ClFN3OS3. The molecule has 0 atom stereocenters. The van der Waals surface area contributed by atoms with Gasteiger partial charge in [0.25, 0.3) is 0 Å². The van der Waals surface area contributed by atoms with Crippen molar-refractivity contribution in [3.05, 3.63) is 63.3 Å². The second kappa shape index (κ2) is 8.09. The van der Waals surface area contributed by atoms with E-state index in [4.69, 9.17) is 23.8 Å². The monoisotopic (exact) mass is 411 g/mol. The topological polar surface area (TPSA) is 46.9 Å². The first-order valence-corrected chi connectivity index (χ1v) is 9.64. The lowest BCUT2D eigenvalue weighted by Gasteiger charge is -2.04. The minimum Gasteiger partial charge on any atom is -0.325 e. The fourth-order valence-corrected chi connectivity index (χ4v) is 4.24. The number of nitrogens with one attached hydrogen (secondary N) is 1. The molecule has 0 bridgehead atoms. The van der Waals surface area contributed by atoms with E-state index in [1.165, 1.54) is 41.3 Å². The number of carbonyl (C=O) groups is 1. The first kappa shape index (κ1) is 18.1. The molecule has 0 aliphatic rings. The number of benzene rings is 2. The van der Waals surface area contributed by atoms with Crippen LogP contribution in [0.1, 0.15) is 0 Å². The van der Waals surface area contributed by atoms with Gasteiger partial charge in [0, 0.05) is 10.7 Å². The maximum atomic E-state index is 13.1. The van der Waals surface area contributed by atoms with Crippen molar-refractivity contribution in [3.63, 3.8) is 0 Å². The molecule has 0 aliphatic heterocycles. The molecule has 0 saturated carbocycles. The maximum Gasteiger partial charge on any atom is 0.234 e. The van der Waals surface area contributed by atoms with E-state index in [9.17, 15) is 9.18 Å². The highest BCUT2D eigenvalue weighted by Crippen LogP contribution is 2.24. The molecule has 128 valence electrons. The summed E-state index contributed by atoms with van der Waals surface area (Å²) in [6.45, 7) is 0. The van der Waals surface area contributed by atoms with Gasteiger partial charge in [0.05, 0.1) is 11.4 Å². The van der Waals surface area contributed by atoms with E-state index in [2.05, 4.69) is 10.4 Å². The molecule has 0 aliphatic carbocycles. The molecule has 3 rings (SSSR count). The van der Waals surface area contributed by atoms with Gasteiger partial charge in [-0.25, -0.2) is 9.07 Å². The lowest BCUT2D eigenvalue weighted by atomic mass is 10.3. The number of hydrogen-bond acceptors (Lipinski definition) is 5. The van der Waals surface area contributed by atoms with Crippen molar-refractivity contribution in [2.24, 2.45) is 0 Å². The first-order chi connectivity index (χ1) is 12.0. The Morgan fingerprint density at radius 1 is 1.32 bits per heavy atom. The van der Waals surface area contributed by atoms with Crippen molar-refractivity contribution >= 4 is 58.5 Å². The molecule has 1 aromatic heterocycles. The summed E-state index contributed by atoms with van der Waals surface area (Å²) >= 11 is 13.8. The van der Waals surface area contributed by atoms with Crippen LogP contribution < -0.4 is 5.32 Å². The number of hydrogen-bond donors (Lipinski definition) is 1. The fraction of sp³-hybridized carbons (Fsp3) is 0.0625. The Bertz CT molecular complexity index is 956. The Hall–Kier alpha value is -1.74. The largest absolute Gasteiger partial charge is 0.325 e. The van der Waals surface area contributed by atoms with Crippen LogP contribution >= 0.6 is 46.9 Å². The Morgan fingerprint density at radius 3 is 2.80 bits per heavy atom. The minimum atomic E-state index is -0.398. The predicted molar refractivity (Wildman–Crippen MR) is 103 cm³/mol. The molecule has 1 N–H and O–H groups in total. The average Bonchev–Trinajstić information content (AvgIpc) is 2.95.